The second-order valence-corrected chi connectivity index (χ2v) is 3.76. The van der Waals surface area contributed by atoms with Crippen molar-refractivity contribution < 1.29 is 9.53 Å². The van der Waals surface area contributed by atoms with E-state index in [0.29, 0.717) is 21.3 Å². The molecule has 15 heavy (non-hydrogen) atoms. The zero-order valence-corrected chi connectivity index (χ0v) is 9.67. The SMILES string of the molecule is COC(=O)Cc1cc(N)cc(Br)c1C#N. The van der Waals surface area contributed by atoms with E-state index in [1.807, 2.05) is 6.07 Å². The van der Waals surface area contributed by atoms with E-state index in [-0.39, 0.29) is 6.42 Å². The summed E-state index contributed by atoms with van der Waals surface area (Å²) in [5.74, 6) is -0.399. The molecule has 0 saturated carbocycles. The van der Waals surface area contributed by atoms with Crippen LogP contribution in [0.1, 0.15) is 11.1 Å². The van der Waals surface area contributed by atoms with Crippen LogP contribution in [0.25, 0.3) is 0 Å². The number of esters is 1. The molecule has 0 amide bonds. The van der Waals surface area contributed by atoms with Crippen molar-refractivity contribution in [3.8, 4) is 6.07 Å². The van der Waals surface area contributed by atoms with E-state index >= 15 is 0 Å². The van der Waals surface area contributed by atoms with Crippen LogP contribution in [0.4, 0.5) is 5.69 Å². The molecule has 0 fully saturated rings. The van der Waals surface area contributed by atoms with E-state index in [1.165, 1.54) is 7.11 Å². The van der Waals surface area contributed by atoms with E-state index in [4.69, 9.17) is 11.0 Å². The number of hydrogen-bond acceptors (Lipinski definition) is 4. The number of carbonyl (C=O) groups is 1. The Balaban J connectivity index is 3.16. The molecule has 1 aromatic rings. The Morgan fingerprint density at radius 3 is 2.87 bits per heavy atom. The molecule has 0 saturated heterocycles. The molecule has 78 valence electrons. The monoisotopic (exact) mass is 268 g/mol. The summed E-state index contributed by atoms with van der Waals surface area (Å²) in [5.41, 5.74) is 7.09. The number of nitrogen functional groups attached to an aromatic ring is 1. The molecule has 0 unspecified atom stereocenters. The maximum Gasteiger partial charge on any atom is 0.310 e. The molecular weight excluding hydrogens is 260 g/mol. The van der Waals surface area contributed by atoms with Gasteiger partial charge in [-0.05, 0) is 33.6 Å². The lowest BCUT2D eigenvalue weighted by Gasteiger charge is -2.06. The highest BCUT2D eigenvalue weighted by atomic mass is 79.9. The highest BCUT2D eigenvalue weighted by Gasteiger charge is 2.11. The van der Waals surface area contributed by atoms with Gasteiger partial charge >= 0.3 is 5.97 Å². The number of nitrogens with two attached hydrogens (primary N) is 1. The highest BCUT2D eigenvalue weighted by molar-refractivity contribution is 9.10. The Hall–Kier alpha value is -1.54. The molecule has 0 heterocycles. The van der Waals surface area contributed by atoms with Crippen LogP contribution in [0.3, 0.4) is 0 Å². The quantitative estimate of drug-likeness (QED) is 0.653. The summed E-state index contributed by atoms with van der Waals surface area (Å²) in [6.07, 6.45) is 0.0447. The number of nitriles is 1. The minimum Gasteiger partial charge on any atom is -0.469 e. The van der Waals surface area contributed by atoms with Gasteiger partial charge in [0, 0.05) is 10.2 Å². The third-order valence-corrected chi connectivity index (χ3v) is 2.49. The summed E-state index contributed by atoms with van der Waals surface area (Å²) < 4.78 is 5.12. The molecule has 0 aromatic heterocycles. The average molecular weight is 269 g/mol. The smallest absolute Gasteiger partial charge is 0.310 e. The average Bonchev–Trinajstić information content (AvgIpc) is 2.17. The summed E-state index contributed by atoms with van der Waals surface area (Å²) in [6.45, 7) is 0. The number of halogens is 1. The van der Waals surface area contributed by atoms with Gasteiger partial charge in [0.05, 0.1) is 19.1 Å². The van der Waals surface area contributed by atoms with Gasteiger partial charge in [0.15, 0.2) is 0 Å². The first kappa shape index (κ1) is 11.5. The van der Waals surface area contributed by atoms with Crippen LogP contribution in [0.2, 0.25) is 0 Å². The Morgan fingerprint density at radius 1 is 1.67 bits per heavy atom. The minimum absolute atomic E-state index is 0.0447. The summed E-state index contributed by atoms with van der Waals surface area (Å²) >= 11 is 3.22. The number of anilines is 1. The predicted octanol–water partition coefficient (Wildman–Crippen LogP) is 1.62. The Bertz CT molecular complexity index is 438. The second kappa shape index (κ2) is 4.80. The standard InChI is InChI=1S/C10H9BrN2O2/c1-15-10(14)3-6-2-7(13)4-9(11)8(6)5-12/h2,4H,3,13H2,1H3. The molecular formula is C10H9BrN2O2. The van der Waals surface area contributed by atoms with Gasteiger partial charge in [-0.3, -0.25) is 4.79 Å². The molecule has 0 radical (unpaired) electrons. The topological polar surface area (TPSA) is 76.1 Å². The normalized spacial score (nSPS) is 9.40. The molecule has 0 aliphatic carbocycles. The summed E-state index contributed by atoms with van der Waals surface area (Å²) in [6, 6.07) is 5.23. The minimum atomic E-state index is -0.399. The Labute approximate surface area is 95.8 Å². The first-order chi connectivity index (χ1) is 7.08. The van der Waals surface area contributed by atoms with Crippen LogP contribution in [-0.2, 0) is 16.0 Å². The van der Waals surface area contributed by atoms with Crippen molar-refractivity contribution in [3.05, 3.63) is 27.7 Å². The molecule has 1 rings (SSSR count). The molecule has 0 aliphatic heterocycles. The molecule has 0 atom stereocenters. The van der Waals surface area contributed by atoms with Crippen LogP contribution in [0.5, 0.6) is 0 Å². The van der Waals surface area contributed by atoms with Crippen molar-refractivity contribution in [1.82, 2.24) is 0 Å². The molecule has 0 bridgehead atoms. The van der Waals surface area contributed by atoms with E-state index in [0.717, 1.165) is 0 Å². The number of rotatable bonds is 2. The predicted molar refractivity (Wildman–Crippen MR) is 59.0 cm³/mol. The number of hydrogen-bond donors (Lipinski definition) is 1. The maximum atomic E-state index is 11.1. The zero-order chi connectivity index (χ0) is 11.4. The van der Waals surface area contributed by atoms with Crippen LogP contribution < -0.4 is 5.73 Å². The van der Waals surface area contributed by atoms with Crippen molar-refractivity contribution >= 4 is 27.6 Å². The van der Waals surface area contributed by atoms with E-state index < -0.39 is 5.97 Å². The van der Waals surface area contributed by atoms with Gasteiger partial charge in [-0.2, -0.15) is 5.26 Å². The number of nitrogens with zero attached hydrogens (tertiary/aromatic N) is 1. The van der Waals surface area contributed by atoms with Gasteiger partial charge in [-0.25, -0.2) is 0 Å². The fraction of sp³-hybridized carbons (Fsp3) is 0.200. The molecule has 1 aromatic carbocycles. The van der Waals surface area contributed by atoms with Gasteiger partial charge in [0.1, 0.15) is 6.07 Å². The van der Waals surface area contributed by atoms with Crippen molar-refractivity contribution in [1.29, 1.82) is 5.26 Å². The van der Waals surface area contributed by atoms with E-state index in [9.17, 15) is 4.79 Å². The van der Waals surface area contributed by atoms with Crippen molar-refractivity contribution in [3.63, 3.8) is 0 Å². The summed E-state index contributed by atoms with van der Waals surface area (Å²) in [7, 11) is 1.30. The van der Waals surface area contributed by atoms with Crippen LogP contribution >= 0.6 is 15.9 Å². The first-order valence-electron chi connectivity index (χ1n) is 4.13. The molecule has 0 aliphatic rings. The van der Waals surface area contributed by atoms with Crippen molar-refractivity contribution in [2.75, 3.05) is 12.8 Å². The second-order valence-electron chi connectivity index (χ2n) is 2.90. The van der Waals surface area contributed by atoms with Gasteiger partial charge in [-0.15, -0.1) is 0 Å². The van der Waals surface area contributed by atoms with E-state index in [2.05, 4.69) is 20.7 Å². The Morgan fingerprint density at radius 2 is 2.33 bits per heavy atom. The summed E-state index contributed by atoms with van der Waals surface area (Å²) in [4.78, 5) is 11.1. The van der Waals surface area contributed by atoms with Crippen molar-refractivity contribution in [2.24, 2.45) is 0 Å². The maximum absolute atomic E-state index is 11.1. The number of methoxy groups -OCH3 is 1. The third kappa shape index (κ3) is 2.70. The molecule has 0 spiro atoms. The third-order valence-electron chi connectivity index (χ3n) is 1.87. The number of carbonyl (C=O) groups excluding carboxylic acids is 1. The molecule has 4 nitrogen and oxygen atoms in total. The fourth-order valence-electron chi connectivity index (χ4n) is 1.18. The molecule has 5 heteroatoms. The number of benzene rings is 1. The Kier molecular flexibility index (Phi) is 3.69. The van der Waals surface area contributed by atoms with Crippen LogP contribution in [0.15, 0.2) is 16.6 Å². The highest BCUT2D eigenvalue weighted by Crippen LogP contribution is 2.24. The lowest BCUT2D eigenvalue weighted by atomic mass is 10.0. The van der Waals surface area contributed by atoms with Crippen LogP contribution in [-0.4, -0.2) is 13.1 Å². The zero-order valence-electron chi connectivity index (χ0n) is 8.08. The van der Waals surface area contributed by atoms with Crippen molar-refractivity contribution in [2.45, 2.75) is 6.42 Å². The lowest BCUT2D eigenvalue weighted by molar-refractivity contribution is -0.139. The van der Waals surface area contributed by atoms with Gasteiger partial charge in [0.2, 0.25) is 0 Å². The molecule has 2 N–H and O–H groups in total. The summed E-state index contributed by atoms with van der Waals surface area (Å²) in [5, 5.41) is 8.90. The fourth-order valence-corrected chi connectivity index (χ4v) is 1.79. The number of ether oxygens (including phenoxy) is 1. The van der Waals surface area contributed by atoms with Gasteiger partial charge < -0.3 is 10.5 Å². The van der Waals surface area contributed by atoms with Gasteiger partial charge in [-0.1, -0.05) is 0 Å². The van der Waals surface area contributed by atoms with E-state index in [1.54, 1.807) is 12.1 Å². The first-order valence-corrected chi connectivity index (χ1v) is 4.92. The lowest BCUT2D eigenvalue weighted by Crippen LogP contribution is -2.07. The van der Waals surface area contributed by atoms with Gasteiger partial charge in [0.25, 0.3) is 0 Å². The largest absolute Gasteiger partial charge is 0.469 e. The van der Waals surface area contributed by atoms with Crippen LogP contribution in [0, 0.1) is 11.3 Å².